The lowest BCUT2D eigenvalue weighted by atomic mass is 10.0. The lowest BCUT2D eigenvalue weighted by Gasteiger charge is -2.32. The molecule has 1 aromatic heterocycles. The van der Waals surface area contributed by atoms with Crippen LogP contribution in [0, 0.1) is 20.8 Å². The third-order valence-electron chi connectivity index (χ3n) is 4.26. The van der Waals surface area contributed by atoms with Crippen LogP contribution >= 0.6 is 0 Å². The van der Waals surface area contributed by atoms with E-state index < -0.39 is 0 Å². The van der Waals surface area contributed by atoms with E-state index in [0.717, 1.165) is 17.9 Å². The van der Waals surface area contributed by atoms with Crippen molar-refractivity contribution >= 4 is 22.6 Å². The first-order chi connectivity index (χ1) is 9.95. The lowest BCUT2D eigenvalue weighted by Crippen LogP contribution is -2.53. The zero-order chi connectivity index (χ0) is 15.1. The van der Waals surface area contributed by atoms with E-state index in [0.29, 0.717) is 6.54 Å². The summed E-state index contributed by atoms with van der Waals surface area (Å²) in [6, 6.07) is 6.52. The maximum atomic E-state index is 11.7. The number of nitrogens with one attached hydrogen (secondary N) is 1. The molecule has 0 unspecified atom stereocenters. The van der Waals surface area contributed by atoms with Crippen LogP contribution < -0.4 is 10.2 Å². The topological polar surface area (TPSA) is 45.2 Å². The highest BCUT2D eigenvalue weighted by atomic mass is 16.2. The third-order valence-corrected chi connectivity index (χ3v) is 4.26. The van der Waals surface area contributed by atoms with Gasteiger partial charge in [-0.05, 0) is 50.5 Å². The van der Waals surface area contributed by atoms with Crippen molar-refractivity contribution in [1.82, 2.24) is 10.3 Å². The van der Waals surface area contributed by atoms with E-state index >= 15 is 0 Å². The number of aromatic nitrogens is 1. The fourth-order valence-corrected chi connectivity index (χ4v) is 2.95. The minimum atomic E-state index is 0.0641. The van der Waals surface area contributed by atoms with Gasteiger partial charge in [-0.1, -0.05) is 12.1 Å². The van der Waals surface area contributed by atoms with Crippen LogP contribution in [0.15, 0.2) is 18.2 Å². The number of rotatable bonds is 1. The molecule has 1 atom stereocenters. The Kier molecular flexibility index (Phi) is 3.32. The van der Waals surface area contributed by atoms with Crippen LogP contribution in [0.5, 0.6) is 0 Å². The van der Waals surface area contributed by atoms with Crippen LogP contribution in [0.3, 0.4) is 0 Å². The fourth-order valence-electron chi connectivity index (χ4n) is 2.95. The molecule has 110 valence electrons. The summed E-state index contributed by atoms with van der Waals surface area (Å²) >= 11 is 0. The summed E-state index contributed by atoms with van der Waals surface area (Å²) in [6.07, 6.45) is 0. The van der Waals surface area contributed by atoms with Gasteiger partial charge in [-0.15, -0.1) is 0 Å². The molecular formula is C17H21N3O. The number of pyridine rings is 1. The number of hydrogen-bond donors (Lipinski definition) is 1. The third kappa shape index (κ3) is 2.46. The largest absolute Gasteiger partial charge is 0.350 e. The maximum Gasteiger partial charge on any atom is 0.239 e. The highest BCUT2D eigenvalue weighted by molar-refractivity contribution is 5.88. The molecule has 4 heteroatoms. The van der Waals surface area contributed by atoms with Gasteiger partial charge in [-0.2, -0.15) is 0 Å². The molecule has 2 heterocycles. The molecule has 1 aromatic carbocycles. The quantitative estimate of drug-likeness (QED) is 0.874. The Balaban J connectivity index is 2.11. The number of anilines is 1. The average molecular weight is 283 g/mol. The van der Waals surface area contributed by atoms with Gasteiger partial charge in [0, 0.05) is 18.0 Å². The highest BCUT2D eigenvalue weighted by Crippen LogP contribution is 2.27. The van der Waals surface area contributed by atoms with Crippen LogP contribution in [-0.2, 0) is 4.79 Å². The van der Waals surface area contributed by atoms with Gasteiger partial charge < -0.3 is 10.2 Å². The summed E-state index contributed by atoms with van der Waals surface area (Å²) < 4.78 is 0. The van der Waals surface area contributed by atoms with Gasteiger partial charge in [0.2, 0.25) is 5.91 Å². The normalized spacial score (nSPS) is 19.0. The molecule has 3 rings (SSSR count). The number of nitrogens with zero attached hydrogens (tertiary/aromatic N) is 2. The molecule has 1 saturated heterocycles. The molecule has 0 spiro atoms. The number of piperazine rings is 1. The molecule has 21 heavy (non-hydrogen) atoms. The van der Waals surface area contributed by atoms with Gasteiger partial charge in [-0.3, -0.25) is 4.79 Å². The first-order valence-electron chi connectivity index (χ1n) is 7.37. The van der Waals surface area contributed by atoms with E-state index in [4.69, 9.17) is 4.98 Å². The molecule has 1 N–H and O–H groups in total. The van der Waals surface area contributed by atoms with Crippen molar-refractivity contribution < 1.29 is 4.79 Å². The van der Waals surface area contributed by atoms with Crippen LogP contribution in [0.2, 0.25) is 0 Å². The smallest absolute Gasteiger partial charge is 0.239 e. The molecule has 1 amide bonds. The van der Waals surface area contributed by atoms with Gasteiger partial charge in [0.15, 0.2) is 0 Å². The van der Waals surface area contributed by atoms with Gasteiger partial charge in [-0.25, -0.2) is 4.98 Å². The van der Waals surface area contributed by atoms with Crippen molar-refractivity contribution in [2.75, 3.05) is 18.0 Å². The van der Waals surface area contributed by atoms with E-state index in [-0.39, 0.29) is 11.9 Å². The number of fused-ring (bicyclic) bond motifs is 1. The van der Waals surface area contributed by atoms with Gasteiger partial charge >= 0.3 is 0 Å². The molecule has 2 aromatic rings. The molecule has 0 aliphatic carbocycles. The van der Waals surface area contributed by atoms with E-state index in [9.17, 15) is 4.79 Å². The summed E-state index contributed by atoms with van der Waals surface area (Å²) in [5.41, 5.74) is 4.71. The summed E-state index contributed by atoms with van der Waals surface area (Å²) in [5.74, 6) is 0.963. The molecule has 1 fully saturated rings. The number of carbonyl (C=O) groups is 1. The molecule has 4 nitrogen and oxygen atoms in total. The van der Waals surface area contributed by atoms with Crippen molar-refractivity contribution in [2.24, 2.45) is 0 Å². The minimum absolute atomic E-state index is 0.0641. The molecular weight excluding hydrogens is 262 g/mol. The predicted molar refractivity (Wildman–Crippen MR) is 85.8 cm³/mol. The summed E-state index contributed by atoms with van der Waals surface area (Å²) in [7, 11) is 0. The van der Waals surface area contributed by atoms with E-state index in [2.05, 4.69) is 49.2 Å². The number of carbonyl (C=O) groups excluding carboxylic acids is 1. The molecule has 0 bridgehead atoms. The SMILES string of the molecule is Cc1ccc2c(C)cc(N3CC(=O)N[C@@H](C)C3)nc2c1C. The molecule has 1 aliphatic rings. The standard InChI is InChI=1S/C17H21N3O/c1-10-5-6-14-11(2)7-15(19-17(14)13(10)4)20-8-12(3)18-16(21)9-20/h5-7,12H,8-9H2,1-4H3,(H,18,21)/t12-/m0/s1. The zero-order valence-corrected chi connectivity index (χ0v) is 13.0. The van der Waals surface area contributed by atoms with E-state index in [1.165, 1.54) is 22.1 Å². The maximum absolute atomic E-state index is 11.7. The second-order valence-corrected chi connectivity index (χ2v) is 6.05. The Bertz CT molecular complexity index is 724. The molecule has 1 aliphatic heterocycles. The number of hydrogen-bond acceptors (Lipinski definition) is 3. The van der Waals surface area contributed by atoms with E-state index in [1.54, 1.807) is 0 Å². The van der Waals surface area contributed by atoms with Crippen molar-refractivity contribution in [1.29, 1.82) is 0 Å². The average Bonchev–Trinajstić information content (AvgIpc) is 2.42. The van der Waals surface area contributed by atoms with Gasteiger partial charge in [0.25, 0.3) is 0 Å². The van der Waals surface area contributed by atoms with Crippen molar-refractivity contribution in [2.45, 2.75) is 33.7 Å². The van der Waals surface area contributed by atoms with Crippen LogP contribution in [0.1, 0.15) is 23.6 Å². The number of aryl methyl sites for hydroxylation is 3. The Morgan fingerprint density at radius 1 is 1.24 bits per heavy atom. The Morgan fingerprint density at radius 3 is 2.71 bits per heavy atom. The minimum Gasteiger partial charge on any atom is -0.350 e. The number of amides is 1. The second kappa shape index (κ2) is 5.02. The molecule has 0 saturated carbocycles. The van der Waals surface area contributed by atoms with Gasteiger partial charge in [0.05, 0.1) is 12.1 Å². The summed E-state index contributed by atoms with van der Waals surface area (Å²) in [6.45, 7) is 9.53. The van der Waals surface area contributed by atoms with Crippen LogP contribution in [-0.4, -0.2) is 30.0 Å². The summed E-state index contributed by atoms with van der Waals surface area (Å²) in [4.78, 5) is 18.6. The number of benzene rings is 1. The van der Waals surface area contributed by atoms with Gasteiger partial charge in [0.1, 0.15) is 5.82 Å². The van der Waals surface area contributed by atoms with Crippen LogP contribution in [0.4, 0.5) is 5.82 Å². The summed E-state index contributed by atoms with van der Waals surface area (Å²) in [5, 5.41) is 4.13. The van der Waals surface area contributed by atoms with Crippen LogP contribution in [0.25, 0.3) is 10.9 Å². The van der Waals surface area contributed by atoms with Crippen molar-refractivity contribution in [3.63, 3.8) is 0 Å². The molecule has 0 radical (unpaired) electrons. The first-order valence-corrected chi connectivity index (χ1v) is 7.37. The first kappa shape index (κ1) is 13.9. The predicted octanol–water partition coefficient (Wildman–Crippen LogP) is 2.48. The fraction of sp³-hybridized carbons (Fsp3) is 0.412. The van der Waals surface area contributed by atoms with E-state index in [1.807, 2.05) is 6.92 Å². The lowest BCUT2D eigenvalue weighted by molar-refractivity contribution is -0.121. The van der Waals surface area contributed by atoms with Crippen molar-refractivity contribution in [3.8, 4) is 0 Å². The zero-order valence-electron chi connectivity index (χ0n) is 13.0. The second-order valence-electron chi connectivity index (χ2n) is 6.05. The Hall–Kier alpha value is -2.10. The monoisotopic (exact) mass is 283 g/mol. The highest BCUT2D eigenvalue weighted by Gasteiger charge is 2.23. The Labute approximate surface area is 125 Å². The van der Waals surface area contributed by atoms with Crippen molar-refractivity contribution in [3.05, 3.63) is 34.9 Å². The Morgan fingerprint density at radius 2 is 2.00 bits per heavy atom.